The Morgan fingerprint density at radius 1 is 1.03 bits per heavy atom. The summed E-state index contributed by atoms with van der Waals surface area (Å²) in [6.07, 6.45) is -1.51. The highest BCUT2D eigenvalue weighted by Gasteiger charge is 2.40. The number of alkyl halides is 2. The molecule has 2 fully saturated rings. The second-order valence-electron chi connectivity index (χ2n) is 10.5. The van der Waals surface area contributed by atoms with Gasteiger partial charge >= 0.3 is 0 Å². The van der Waals surface area contributed by atoms with Gasteiger partial charge in [0.05, 0.1) is 6.10 Å². The van der Waals surface area contributed by atoms with E-state index in [4.69, 9.17) is 0 Å². The van der Waals surface area contributed by atoms with Crippen molar-refractivity contribution in [3.05, 3.63) is 46.3 Å². The number of anilines is 1. The van der Waals surface area contributed by atoms with E-state index in [0.29, 0.717) is 69.8 Å². The number of carbonyl (C=O) groups excluding carboxylic acids is 2. The van der Waals surface area contributed by atoms with E-state index >= 15 is 0 Å². The monoisotopic (exact) mass is 515 g/mol. The molecule has 2 aliphatic heterocycles. The van der Waals surface area contributed by atoms with Gasteiger partial charge in [0.1, 0.15) is 6.54 Å². The summed E-state index contributed by atoms with van der Waals surface area (Å²) in [6.45, 7) is 7.43. The first-order valence-electron chi connectivity index (χ1n) is 13.2. The zero-order chi connectivity index (χ0) is 26.3. The van der Waals surface area contributed by atoms with Crippen LogP contribution in [0.25, 0.3) is 0 Å². The molecule has 3 aliphatic rings. The van der Waals surface area contributed by atoms with Crippen LogP contribution in [0.4, 0.5) is 14.5 Å². The van der Waals surface area contributed by atoms with E-state index in [-0.39, 0.29) is 30.5 Å². The van der Waals surface area contributed by atoms with Gasteiger partial charge in [0.2, 0.25) is 12.3 Å². The number of piperidine rings is 1. The quantitative estimate of drug-likeness (QED) is 0.663. The van der Waals surface area contributed by atoms with Gasteiger partial charge in [-0.1, -0.05) is 12.1 Å². The van der Waals surface area contributed by atoms with E-state index in [0.717, 1.165) is 0 Å². The van der Waals surface area contributed by atoms with Crippen molar-refractivity contribution in [2.45, 2.75) is 64.5 Å². The zero-order valence-corrected chi connectivity index (χ0v) is 21.5. The fraction of sp³-hybridized carbons (Fsp3) is 0.593. The van der Waals surface area contributed by atoms with Crippen LogP contribution in [0.2, 0.25) is 0 Å². The first-order valence-corrected chi connectivity index (χ1v) is 13.2. The lowest BCUT2D eigenvalue weighted by atomic mass is 10.0. The zero-order valence-electron chi connectivity index (χ0n) is 21.5. The van der Waals surface area contributed by atoms with Crippen molar-refractivity contribution in [1.82, 2.24) is 19.6 Å². The van der Waals surface area contributed by atoms with Crippen molar-refractivity contribution in [2.75, 3.05) is 44.2 Å². The summed E-state index contributed by atoms with van der Waals surface area (Å²) < 4.78 is 29.2. The number of aromatic nitrogens is 2. The van der Waals surface area contributed by atoms with Gasteiger partial charge in [0.15, 0.2) is 5.69 Å². The number of aryl methyl sites for hydroxylation is 1. The van der Waals surface area contributed by atoms with E-state index in [1.54, 1.807) is 9.80 Å². The SMILES string of the molecule is Cc1cccc(N2CCN(C(=O)Cn3nc(C(=O)N4CCC(O)CC4)c4c3CCC4C(F)F)CC2)c1C. The van der Waals surface area contributed by atoms with Crippen LogP contribution < -0.4 is 4.90 Å². The van der Waals surface area contributed by atoms with E-state index < -0.39 is 18.4 Å². The Balaban J connectivity index is 1.31. The Labute approximate surface area is 215 Å². The maximum absolute atomic E-state index is 13.9. The van der Waals surface area contributed by atoms with Crippen LogP contribution in [0.3, 0.4) is 0 Å². The molecule has 5 rings (SSSR count). The van der Waals surface area contributed by atoms with E-state index in [9.17, 15) is 23.5 Å². The molecule has 1 atom stereocenters. The number of aliphatic hydroxyl groups is 1. The van der Waals surface area contributed by atoms with Crippen molar-refractivity contribution in [2.24, 2.45) is 0 Å². The van der Waals surface area contributed by atoms with Crippen molar-refractivity contribution >= 4 is 17.5 Å². The number of fused-ring (bicyclic) bond motifs is 1. The molecular weight excluding hydrogens is 480 g/mol. The lowest BCUT2D eigenvalue weighted by molar-refractivity contribution is -0.132. The topological polar surface area (TPSA) is 81.9 Å². The molecule has 2 aromatic rings. The molecule has 0 saturated carbocycles. The van der Waals surface area contributed by atoms with Gasteiger partial charge in [0, 0.05) is 62.1 Å². The molecule has 0 bridgehead atoms. The lowest BCUT2D eigenvalue weighted by Crippen LogP contribution is -2.50. The lowest BCUT2D eigenvalue weighted by Gasteiger charge is -2.37. The number of likely N-dealkylation sites (tertiary alicyclic amines) is 1. The van der Waals surface area contributed by atoms with Gasteiger partial charge in [-0.15, -0.1) is 0 Å². The minimum atomic E-state index is -2.59. The first kappa shape index (κ1) is 25.6. The van der Waals surface area contributed by atoms with Crippen LogP contribution in [0.5, 0.6) is 0 Å². The molecule has 2 saturated heterocycles. The number of aliphatic hydroxyl groups excluding tert-OH is 1. The molecule has 10 heteroatoms. The van der Waals surface area contributed by atoms with Crippen LogP contribution in [0.1, 0.15) is 58.1 Å². The normalized spacial score (nSPS) is 20.6. The fourth-order valence-corrected chi connectivity index (χ4v) is 5.86. The molecule has 1 aromatic carbocycles. The molecule has 1 aliphatic carbocycles. The van der Waals surface area contributed by atoms with Gasteiger partial charge in [0.25, 0.3) is 5.91 Å². The van der Waals surface area contributed by atoms with Crippen LogP contribution >= 0.6 is 0 Å². The van der Waals surface area contributed by atoms with Crippen molar-refractivity contribution < 1.29 is 23.5 Å². The largest absolute Gasteiger partial charge is 0.393 e. The summed E-state index contributed by atoms with van der Waals surface area (Å²) in [6, 6.07) is 6.24. The highest BCUT2D eigenvalue weighted by molar-refractivity contribution is 5.94. The Morgan fingerprint density at radius 3 is 2.41 bits per heavy atom. The molecule has 0 spiro atoms. The number of halogens is 2. The number of amides is 2. The summed E-state index contributed by atoms with van der Waals surface area (Å²) in [5.41, 5.74) is 4.58. The van der Waals surface area contributed by atoms with Gasteiger partial charge in [-0.2, -0.15) is 5.10 Å². The number of carbonyl (C=O) groups is 2. The summed E-state index contributed by atoms with van der Waals surface area (Å²) >= 11 is 0. The smallest absolute Gasteiger partial charge is 0.274 e. The van der Waals surface area contributed by atoms with Crippen molar-refractivity contribution in [3.8, 4) is 0 Å². The minimum Gasteiger partial charge on any atom is -0.393 e. The summed E-state index contributed by atoms with van der Waals surface area (Å²) in [4.78, 5) is 32.2. The van der Waals surface area contributed by atoms with Crippen LogP contribution in [-0.4, -0.2) is 88.3 Å². The third-order valence-corrected chi connectivity index (χ3v) is 8.25. The van der Waals surface area contributed by atoms with Gasteiger partial charge in [-0.3, -0.25) is 14.3 Å². The Bertz CT molecular complexity index is 1170. The number of benzene rings is 1. The molecule has 3 heterocycles. The van der Waals surface area contributed by atoms with Gasteiger partial charge < -0.3 is 19.8 Å². The van der Waals surface area contributed by atoms with E-state index in [2.05, 4.69) is 36.0 Å². The highest BCUT2D eigenvalue weighted by atomic mass is 19.3. The average Bonchev–Trinajstić information content (AvgIpc) is 3.47. The molecule has 0 radical (unpaired) electrons. The molecule has 200 valence electrons. The Morgan fingerprint density at radius 2 is 1.73 bits per heavy atom. The van der Waals surface area contributed by atoms with Crippen LogP contribution in [0, 0.1) is 13.8 Å². The molecule has 1 N–H and O–H groups in total. The predicted molar refractivity (Wildman–Crippen MR) is 135 cm³/mol. The molecule has 37 heavy (non-hydrogen) atoms. The minimum absolute atomic E-state index is 0.0433. The Hall–Kier alpha value is -3.01. The number of hydrogen-bond donors (Lipinski definition) is 1. The summed E-state index contributed by atoms with van der Waals surface area (Å²) in [7, 11) is 0. The molecule has 2 amide bonds. The highest BCUT2D eigenvalue weighted by Crippen LogP contribution is 2.40. The molecule has 8 nitrogen and oxygen atoms in total. The molecule has 1 aromatic heterocycles. The standard InChI is InChI=1S/C27H35F2N5O3/c1-17-4-3-5-21(18(17)2)31-12-14-32(15-13-31)23(36)16-34-22-7-6-20(26(28)29)24(22)25(30-34)27(37)33-10-8-19(35)9-11-33/h3-5,19-20,26,35H,6-16H2,1-2H3. The number of nitrogens with zero attached hydrogens (tertiary/aromatic N) is 5. The number of rotatable bonds is 5. The number of hydrogen-bond acceptors (Lipinski definition) is 5. The fourth-order valence-electron chi connectivity index (χ4n) is 5.86. The van der Waals surface area contributed by atoms with Gasteiger partial charge in [-0.05, 0) is 56.7 Å². The molecule has 1 unspecified atom stereocenters. The molecular formula is C27H35F2N5O3. The average molecular weight is 516 g/mol. The van der Waals surface area contributed by atoms with Crippen LogP contribution in [0.15, 0.2) is 18.2 Å². The van der Waals surface area contributed by atoms with Crippen molar-refractivity contribution in [3.63, 3.8) is 0 Å². The predicted octanol–water partition coefficient (Wildman–Crippen LogP) is 2.74. The second-order valence-corrected chi connectivity index (χ2v) is 10.5. The van der Waals surface area contributed by atoms with Gasteiger partial charge in [-0.25, -0.2) is 8.78 Å². The maximum Gasteiger partial charge on any atom is 0.274 e. The summed E-state index contributed by atoms with van der Waals surface area (Å²) in [5, 5.41) is 14.2. The first-order chi connectivity index (χ1) is 17.7. The Kier molecular flexibility index (Phi) is 7.20. The summed E-state index contributed by atoms with van der Waals surface area (Å²) in [5.74, 6) is -1.55. The second kappa shape index (κ2) is 10.4. The third kappa shape index (κ3) is 4.95. The van der Waals surface area contributed by atoms with Crippen LogP contribution in [-0.2, 0) is 17.8 Å². The third-order valence-electron chi connectivity index (χ3n) is 8.25. The van der Waals surface area contributed by atoms with E-state index in [1.807, 2.05) is 6.07 Å². The van der Waals surface area contributed by atoms with Crippen molar-refractivity contribution in [1.29, 1.82) is 0 Å². The van der Waals surface area contributed by atoms with E-state index in [1.165, 1.54) is 21.5 Å². The maximum atomic E-state index is 13.9. The number of piperazine rings is 1.